The zero-order valence-electron chi connectivity index (χ0n) is 16.9. The molecule has 1 heterocycles. The third kappa shape index (κ3) is 4.44. The molecule has 1 fully saturated rings. The summed E-state index contributed by atoms with van der Waals surface area (Å²) in [6.07, 6.45) is 5.44. The van der Waals surface area contributed by atoms with Crippen molar-refractivity contribution in [2.45, 2.75) is 58.1 Å². The summed E-state index contributed by atoms with van der Waals surface area (Å²) in [5.74, 6) is 0.861. The van der Waals surface area contributed by atoms with Gasteiger partial charge in [-0.05, 0) is 73.9 Å². The maximum Gasteiger partial charge on any atom is 0.261 e. The lowest BCUT2D eigenvalue weighted by Crippen LogP contribution is -2.36. The van der Waals surface area contributed by atoms with E-state index in [4.69, 9.17) is 4.74 Å². The van der Waals surface area contributed by atoms with Crippen molar-refractivity contribution in [1.29, 1.82) is 0 Å². The van der Waals surface area contributed by atoms with Crippen molar-refractivity contribution in [2.75, 3.05) is 11.4 Å². The number of ether oxygens (including phenoxy) is 1. The van der Waals surface area contributed by atoms with Crippen LogP contribution in [0.15, 0.2) is 42.5 Å². The molecule has 0 bridgehead atoms. The van der Waals surface area contributed by atoms with Gasteiger partial charge < -0.3 is 15.0 Å². The number of benzene rings is 2. The van der Waals surface area contributed by atoms with Crippen molar-refractivity contribution < 1.29 is 14.3 Å². The van der Waals surface area contributed by atoms with Crippen LogP contribution < -0.4 is 15.0 Å². The van der Waals surface area contributed by atoms with E-state index >= 15 is 0 Å². The summed E-state index contributed by atoms with van der Waals surface area (Å²) in [5, 5.41) is 2.96. The van der Waals surface area contributed by atoms with Gasteiger partial charge in [0, 0.05) is 25.2 Å². The highest BCUT2D eigenvalue weighted by Crippen LogP contribution is 2.30. The lowest BCUT2D eigenvalue weighted by molar-refractivity contribution is -0.127. The zero-order chi connectivity index (χ0) is 20.2. The Kier molecular flexibility index (Phi) is 5.84. The fourth-order valence-corrected chi connectivity index (χ4v) is 4.19. The molecule has 5 nitrogen and oxygen atoms in total. The predicted molar refractivity (Wildman–Crippen MR) is 113 cm³/mol. The molecule has 1 N–H and O–H groups in total. The van der Waals surface area contributed by atoms with Crippen LogP contribution in [0.4, 0.5) is 5.69 Å². The van der Waals surface area contributed by atoms with Gasteiger partial charge in [-0.1, -0.05) is 24.3 Å². The molecule has 2 aromatic carbocycles. The van der Waals surface area contributed by atoms with Gasteiger partial charge in [0.25, 0.3) is 5.91 Å². The number of nitrogens with zero attached hydrogens (tertiary/aromatic N) is 1. The number of rotatable bonds is 6. The standard InChI is InChI=1S/C24H28N2O3/c1-17(29-22-12-5-9-19-8-2-3-11-21(19)22)24(28)25-16-18-7-4-10-20(15-18)26-14-6-13-23(26)27/h4-5,7,9-10,12,15,17H,2-3,6,8,11,13-14,16H2,1H3,(H,25,28)/t17-/m1/s1. The molecule has 1 aliphatic carbocycles. The Morgan fingerprint density at radius 1 is 1.10 bits per heavy atom. The molecule has 0 unspecified atom stereocenters. The van der Waals surface area contributed by atoms with Gasteiger partial charge in [-0.15, -0.1) is 0 Å². The molecule has 4 rings (SSSR count). The minimum Gasteiger partial charge on any atom is -0.481 e. The summed E-state index contributed by atoms with van der Waals surface area (Å²) >= 11 is 0. The van der Waals surface area contributed by atoms with Crippen LogP contribution in [0.3, 0.4) is 0 Å². The topological polar surface area (TPSA) is 58.6 Å². The highest BCUT2D eigenvalue weighted by molar-refractivity contribution is 5.95. The molecule has 1 saturated heterocycles. The molecule has 2 aliphatic rings. The Bertz CT molecular complexity index is 909. The molecule has 1 aliphatic heterocycles. The van der Waals surface area contributed by atoms with E-state index in [1.807, 2.05) is 41.3 Å². The van der Waals surface area contributed by atoms with Crippen molar-refractivity contribution in [3.05, 3.63) is 59.2 Å². The highest BCUT2D eigenvalue weighted by Gasteiger charge is 2.22. The number of anilines is 1. The largest absolute Gasteiger partial charge is 0.481 e. The first-order valence-corrected chi connectivity index (χ1v) is 10.6. The Morgan fingerprint density at radius 2 is 1.93 bits per heavy atom. The van der Waals surface area contributed by atoms with Crippen LogP contribution in [0, 0.1) is 0 Å². The second-order valence-corrected chi connectivity index (χ2v) is 7.90. The first-order valence-electron chi connectivity index (χ1n) is 10.6. The van der Waals surface area contributed by atoms with Crippen molar-refractivity contribution in [3.63, 3.8) is 0 Å². The van der Waals surface area contributed by atoms with Crippen LogP contribution >= 0.6 is 0 Å². The molecule has 0 radical (unpaired) electrons. The molecular formula is C24H28N2O3. The number of nitrogens with one attached hydrogen (secondary N) is 1. The first-order chi connectivity index (χ1) is 14.1. The van der Waals surface area contributed by atoms with Crippen LogP contribution in [0.25, 0.3) is 0 Å². The quantitative estimate of drug-likeness (QED) is 0.814. The molecule has 0 aromatic heterocycles. The van der Waals surface area contributed by atoms with E-state index in [2.05, 4.69) is 11.4 Å². The zero-order valence-corrected chi connectivity index (χ0v) is 16.9. The summed E-state index contributed by atoms with van der Waals surface area (Å²) < 4.78 is 6.02. The molecule has 5 heteroatoms. The van der Waals surface area contributed by atoms with Crippen molar-refractivity contribution in [3.8, 4) is 5.75 Å². The van der Waals surface area contributed by atoms with Crippen molar-refractivity contribution >= 4 is 17.5 Å². The monoisotopic (exact) mass is 392 g/mol. The van der Waals surface area contributed by atoms with E-state index < -0.39 is 6.10 Å². The fourth-order valence-electron chi connectivity index (χ4n) is 4.19. The summed E-state index contributed by atoms with van der Waals surface area (Å²) in [6, 6.07) is 13.9. The first kappa shape index (κ1) is 19.5. The molecule has 152 valence electrons. The Labute approximate surface area is 172 Å². The van der Waals surface area contributed by atoms with E-state index in [1.54, 1.807) is 6.92 Å². The number of hydrogen-bond acceptors (Lipinski definition) is 3. The number of fused-ring (bicyclic) bond motifs is 1. The van der Waals surface area contributed by atoms with Crippen LogP contribution in [0.5, 0.6) is 5.75 Å². The third-order valence-corrected chi connectivity index (χ3v) is 5.79. The van der Waals surface area contributed by atoms with E-state index in [0.717, 1.165) is 42.8 Å². The average Bonchev–Trinajstić information content (AvgIpc) is 3.18. The molecule has 29 heavy (non-hydrogen) atoms. The average molecular weight is 392 g/mol. The number of carbonyl (C=O) groups excluding carboxylic acids is 2. The van der Waals surface area contributed by atoms with Crippen LogP contribution in [0.2, 0.25) is 0 Å². The lowest BCUT2D eigenvalue weighted by Gasteiger charge is -2.22. The van der Waals surface area contributed by atoms with Crippen LogP contribution in [-0.4, -0.2) is 24.5 Å². The maximum atomic E-state index is 12.6. The van der Waals surface area contributed by atoms with Crippen LogP contribution in [0.1, 0.15) is 49.3 Å². The van der Waals surface area contributed by atoms with Crippen LogP contribution in [-0.2, 0) is 29.0 Å². The highest BCUT2D eigenvalue weighted by atomic mass is 16.5. The van der Waals surface area contributed by atoms with Gasteiger partial charge >= 0.3 is 0 Å². The second kappa shape index (κ2) is 8.68. The lowest BCUT2D eigenvalue weighted by atomic mass is 9.91. The normalized spacial score (nSPS) is 17.0. The van der Waals surface area contributed by atoms with E-state index in [1.165, 1.54) is 24.0 Å². The Morgan fingerprint density at radius 3 is 2.76 bits per heavy atom. The number of carbonyl (C=O) groups is 2. The maximum absolute atomic E-state index is 12.6. The van der Waals surface area contributed by atoms with Gasteiger partial charge in [0.05, 0.1) is 0 Å². The molecule has 0 saturated carbocycles. The summed E-state index contributed by atoms with van der Waals surface area (Å²) in [6.45, 7) is 2.97. The predicted octanol–water partition coefficient (Wildman–Crippen LogP) is 3.78. The molecular weight excluding hydrogens is 364 g/mol. The second-order valence-electron chi connectivity index (χ2n) is 7.90. The minimum absolute atomic E-state index is 0.138. The van der Waals surface area contributed by atoms with Gasteiger partial charge in [-0.3, -0.25) is 9.59 Å². The number of amides is 2. The van der Waals surface area contributed by atoms with Gasteiger partial charge in [0.15, 0.2) is 6.10 Å². The smallest absolute Gasteiger partial charge is 0.261 e. The fraction of sp³-hybridized carbons (Fsp3) is 0.417. The molecule has 1 atom stereocenters. The van der Waals surface area contributed by atoms with Gasteiger partial charge in [0.1, 0.15) is 5.75 Å². The van der Waals surface area contributed by atoms with Crippen molar-refractivity contribution in [2.24, 2.45) is 0 Å². The van der Waals surface area contributed by atoms with Gasteiger partial charge in [-0.25, -0.2) is 0 Å². The van der Waals surface area contributed by atoms with E-state index in [0.29, 0.717) is 13.0 Å². The van der Waals surface area contributed by atoms with Gasteiger partial charge in [-0.2, -0.15) is 0 Å². The van der Waals surface area contributed by atoms with Crippen molar-refractivity contribution in [1.82, 2.24) is 5.32 Å². The number of hydrogen-bond donors (Lipinski definition) is 1. The minimum atomic E-state index is -0.563. The SMILES string of the molecule is C[C@@H](Oc1cccc2c1CCCC2)C(=O)NCc1cccc(N2CCCC2=O)c1. The summed E-state index contributed by atoms with van der Waals surface area (Å²) in [7, 11) is 0. The summed E-state index contributed by atoms with van der Waals surface area (Å²) in [5.41, 5.74) is 4.47. The number of aryl methyl sites for hydroxylation is 1. The molecule has 2 aromatic rings. The molecule has 0 spiro atoms. The molecule has 2 amide bonds. The Hall–Kier alpha value is -2.82. The third-order valence-electron chi connectivity index (χ3n) is 5.79. The summed E-state index contributed by atoms with van der Waals surface area (Å²) in [4.78, 5) is 26.4. The van der Waals surface area contributed by atoms with E-state index in [-0.39, 0.29) is 11.8 Å². The van der Waals surface area contributed by atoms with Gasteiger partial charge in [0.2, 0.25) is 5.91 Å². The van der Waals surface area contributed by atoms with E-state index in [9.17, 15) is 9.59 Å². The Balaban J connectivity index is 1.36.